The molecule has 0 amide bonds. The van der Waals surface area contributed by atoms with Crippen LogP contribution in [0, 0.1) is 34.5 Å². The van der Waals surface area contributed by atoms with Gasteiger partial charge in [0.2, 0.25) is 0 Å². The van der Waals surface area contributed by atoms with Crippen molar-refractivity contribution in [1.29, 1.82) is 0 Å². The highest BCUT2D eigenvalue weighted by Crippen LogP contribution is 2.65. The summed E-state index contributed by atoms with van der Waals surface area (Å²) < 4.78 is 11.0. The van der Waals surface area contributed by atoms with E-state index >= 15 is 0 Å². The molecule has 7 atom stereocenters. The summed E-state index contributed by atoms with van der Waals surface area (Å²) in [6, 6.07) is 0. The van der Waals surface area contributed by atoms with E-state index in [4.69, 9.17) is 9.47 Å². The van der Waals surface area contributed by atoms with Crippen molar-refractivity contribution in [2.45, 2.75) is 78.2 Å². The van der Waals surface area contributed by atoms with E-state index in [0.717, 1.165) is 38.5 Å². The third kappa shape index (κ3) is 3.03. The first-order valence-electron chi connectivity index (χ1n) is 10.9. The zero-order valence-corrected chi connectivity index (χ0v) is 17.0. The summed E-state index contributed by atoms with van der Waals surface area (Å²) in [5, 5.41) is 0. The van der Waals surface area contributed by atoms with E-state index in [1.807, 2.05) is 13.0 Å². The molecule has 0 spiro atoms. The van der Waals surface area contributed by atoms with Crippen LogP contribution in [0.3, 0.4) is 0 Å². The smallest absolute Gasteiger partial charge is 0.434 e. The first-order chi connectivity index (χ1) is 12.9. The van der Waals surface area contributed by atoms with Crippen molar-refractivity contribution in [3.8, 4) is 0 Å². The Morgan fingerprint density at radius 2 is 1.96 bits per heavy atom. The highest BCUT2D eigenvalue weighted by atomic mass is 16.7. The lowest BCUT2D eigenvalue weighted by atomic mass is 9.46. The second-order valence-electron chi connectivity index (χ2n) is 9.85. The van der Waals surface area contributed by atoms with Gasteiger partial charge in [0.15, 0.2) is 5.78 Å². The van der Waals surface area contributed by atoms with Crippen molar-refractivity contribution in [3.05, 3.63) is 12.2 Å². The van der Waals surface area contributed by atoms with Gasteiger partial charge < -0.3 is 9.47 Å². The van der Waals surface area contributed by atoms with E-state index in [-0.39, 0.29) is 16.9 Å². The van der Waals surface area contributed by atoms with Crippen molar-refractivity contribution in [2.75, 3.05) is 6.61 Å². The minimum absolute atomic E-state index is 0.0122. The predicted octanol–water partition coefficient (Wildman–Crippen LogP) is 5.31. The molecule has 0 aromatic carbocycles. The van der Waals surface area contributed by atoms with Gasteiger partial charge in [-0.1, -0.05) is 26.8 Å². The Labute approximate surface area is 163 Å². The van der Waals surface area contributed by atoms with Gasteiger partial charge in [-0.2, -0.15) is 0 Å². The third-order valence-electron chi connectivity index (χ3n) is 8.62. The van der Waals surface area contributed by atoms with Crippen LogP contribution in [0.5, 0.6) is 0 Å². The van der Waals surface area contributed by atoms with Crippen LogP contribution >= 0.6 is 0 Å². The maximum Gasteiger partial charge on any atom is 0.508 e. The topological polar surface area (TPSA) is 52.6 Å². The fourth-order valence-electron chi connectivity index (χ4n) is 7.12. The lowest BCUT2D eigenvalue weighted by Crippen LogP contribution is -2.53. The standard InChI is InChI=1S/C23H34O4/c1-4-13-26-21(25)27-20-8-7-18-17-6-5-15-14-16(24)9-11-22(15,2)19(17)10-12-23(18,20)3/h9,11,15,17-20H,4-8,10,12-14H2,1-3H3/t15-,17-,18-,19-,20-,22-,23-/m0/s1. The third-order valence-corrected chi connectivity index (χ3v) is 8.62. The summed E-state index contributed by atoms with van der Waals surface area (Å²) >= 11 is 0. The van der Waals surface area contributed by atoms with Gasteiger partial charge in [0, 0.05) is 11.8 Å². The van der Waals surface area contributed by atoms with Crippen LogP contribution in [0.1, 0.15) is 72.1 Å². The summed E-state index contributed by atoms with van der Waals surface area (Å²) in [5.74, 6) is 2.77. The number of fused-ring (bicyclic) bond motifs is 5. The summed E-state index contributed by atoms with van der Waals surface area (Å²) in [6.45, 7) is 7.16. The van der Waals surface area contributed by atoms with E-state index in [1.54, 1.807) is 0 Å². The van der Waals surface area contributed by atoms with Crippen molar-refractivity contribution in [3.63, 3.8) is 0 Å². The molecule has 0 aromatic rings. The van der Waals surface area contributed by atoms with E-state index < -0.39 is 6.16 Å². The molecule has 0 N–H and O–H groups in total. The number of carbonyl (C=O) groups excluding carboxylic acids is 2. The molecule has 4 aliphatic rings. The maximum atomic E-state index is 12.0. The highest BCUT2D eigenvalue weighted by molar-refractivity contribution is 5.91. The molecule has 150 valence electrons. The zero-order valence-electron chi connectivity index (χ0n) is 17.0. The van der Waals surface area contributed by atoms with Gasteiger partial charge in [0.05, 0.1) is 6.61 Å². The summed E-state index contributed by atoms with van der Waals surface area (Å²) in [7, 11) is 0. The number of carbonyl (C=O) groups is 2. The summed E-state index contributed by atoms with van der Waals surface area (Å²) in [6.07, 6.45) is 11.9. The van der Waals surface area contributed by atoms with Crippen LogP contribution in [-0.2, 0) is 14.3 Å². The first kappa shape index (κ1) is 19.0. The minimum Gasteiger partial charge on any atom is -0.434 e. The Bertz CT molecular complexity index is 640. The Balaban J connectivity index is 1.51. The van der Waals surface area contributed by atoms with E-state index in [1.165, 1.54) is 12.8 Å². The number of ether oxygens (including phenoxy) is 2. The molecule has 4 heteroatoms. The molecular weight excluding hydrogens is 340 g/mol. The van der Waals surface area contributed by atoms with Crippen molar-refractivity contribution >= 4 is 11.9 Å². The predicted molar refractivity (Wildman–Crippen MR) is 103 cm³/mol. The van der Waals surface area contributed by atoms with Crippen LogP contribution in [0.15, 0.2) is 12.2 Å². The minimum atomic E-state index is -0.491. The number of allylic oxidation sites excluding steroid dienone is 2. The lowest BCUT2D eigenvalue weighted by Gasteiger charge is -2.58. The molecule has 0 aromatic heterocycles. The van der Waals surface area contributed by atoms with Gasteiger partial charge in [0.25, 0.3) is 0 Å². The molecule has 0 aliphatic heterocycles. The first-order valence-corrected chi connectivity index (χ1v) is 10.9. The van der Waals surface area contributed by atoms with Gasteiger partial charge in [-0.3, -0.25) is 4.79 Å². The lowest BCUT2D eigenvalue weighted by molar-refractivity contribution is -0.124. The largest absolute Gasteiger partial charge is 0.508 e. The van der Waals surface area contributed by atoms with Crippen LogP contribution in [-0.4, -0.2) is 24.6 Å². The summed E-state index contributed by atoms with van der Waals surface area (Å²) in [4.78, 5) is 24.0. The van der Waals surface area contributed by atoms with Gasteiger partial charge in [-0.15, -0.1) is 0 Å². The molecule has 3 fully saturated rings. The summed E-state index contributed by atoms with van der Waals surface area (Å²) in [5.41, 5.74) is 0.237. The van der Waals surface area contributed by atoms with E-state index in [9.17, 15) is 9.59 Å². The molecule has 4 nitrogen and oxygen atoms in total. The molecule has 4 aliphatic carbocycles. The molecule has 0 heterocycles. The molecule has 0 radical (unpaired) electrons. The second-order valence-corrected chi connectivity index (χ2v) is 9.85. The van der Waals surface area contributed by atoms with Crippen LogP contribution < -0.4 is 0 Å². The molecule has 0 saturated heterocycles. The molecule has 27 heavy (non-hydrogen) atoms. The highest BCUT2D eigenvalue weighted by Gasteiger charge is 2.60. The van der Waals surface area contributed by atoms with E-state index in [0.29, 0.717) is 36.1 Å². The Morgan fingerprint density at radius 3 is 2.74 bits per heavy atom. The maximum absolute atomic E-state index is 12.0. The second kappa shape index (κ2) is 6.93. The molecule has 3 saturated carbocycles. The van der Waals surface area contributed by atoms with Gasteiger partial charge in [-0.05, 0) is 80.1 Å². The normalized spacial score (nSPS) is 45.6. The van der Waals surface area contributed by atoms with Crippen molar-refractivity contribution < 1.29 is 19.1 Å². The molecular formula is C23H34O4. The van der Waals surface area contributed by atoms with Gasteiger partial charge in [-0.25, -0.2) is 4.79 Å². The van der Waals surface area contributed by atoms with Gasteiger partial charge >= 0.3 is 6.16 Å². The number of hydrogen-bond donors (Lipinski definition) is 0. The molecule has 0 bridgehead atoms. The van der Waals surface area contributed by atoms with Crippen LogP contribution in [0.4, 0.5) is 4.79 Å². The van der Waals surface area contributed by atoms with E-state index in [2.05, 4.69) is 19.9 Å². The Kier molecular flexibility index (Phi) is 4.88. The average Bonchev–Trinajstić information content (AvgIpc) is 2.97. The quantitative estimate of drug-likeness (QED) is 0.629. The number of ketones is 1. The van der Waals surface area contributed by atoms with Crippen molar-refractivity contribution in [1.82, 2.24) is 0 Å². The Morgan fingerprint density at radius 1 is 1.15 bits per heavy atom. The van der Waals surface area contributed by atoms with Crippen molar-refractivity contribution in [2.24, 2.45) is 34.5 Å². The number of rotatable bonds is 3. The molecule has 4 rings (SSSR count). The van der Waals surface area contributed by atoms with Crippen LogP contribution in [0.2, 0.25) is 0 Å². The molecule has 0 unspecified atom stereocenters. The van der Waals surface area contributed by atoms with Crippen LogP contribution in [0.25, 0.3) is 0 Å². The fraction of sp³-hybridized carbons (Fsp3) is 0.826. The fourth-order valence-corrected chi connectivity index (χ4v) is 7.12. The average molecular weight is 375 g/mol. The monoisotopic (exact) mass is 374 g/mol. The zero-order chi connectivity index (χ0) is 19.2. The number of hydrogen-bond acceptors (Lipinski definition) is 4. The SMILES string of the molecule is CCCOC(=O)O[C@H]1CC[C@H]2[C@@H]3CC[C@H]4CC(=O)C=C[C@]4(C)[C@H]3CC[C@]12C. The van der Waals surface area contributed by atoms with Gasteiger partial charge in [0.1, 0.15) is 6.10 Å². The Hall–Kier alpha value is -1.32.